The second-order valence-electron chi connectivity index (χ2n) is 7.71. The molecule has 1 atom stereocenters. The van der Waals surface area contributed by atoms with E-state index in [0.29, 0.717) is 0 Å². The molecule has 0 spiro atoms. The molecule has 1 aromatic carbocycles. The molecule has 0 saturated carbocycles. The Kier molecular flexibility index (Phi) is 6.14. The topological polar surface area (TPSA) is 35.6 Å². The summed E-state index contributed by atoms with van der Waals surface area (Å²) < 4.78 is 0. The van der Waals surface area contributed by atoms with Crippen molar-refractivity contribution in [1.82, 2.24) is 4.90 Å². The SMILES string of the molecule is CN(C)CC1CCN(c2ccc(NC(=O)C3CC=CCC3)cc2)CC1. The maximum atomic E-state index is 12.3. The van der Waals surface area contributed by atoms with E-state index in [0.717, 1.165) is 44.0 Å². The summed E-state index contributed by atoms with van der Waals surface area (Å²) in [6.45, 7) is 3.44. The minimum atomic E-state index is 0.125. The highest BCUT2D eigenvalue weighted by atomic mass is 16.1. The summed E-state index contributed by atoms with van der Waals surface area (Å²) in [6.07, 6.45) is 9.64. The zero-order chi connectivity index (χ0) is 17.6. The van der Waals surface area contributed by atoms with Crippen LogP contribution in [-0.4, -0.2) is 44.5 Å². The van der Waals surface area contributed by atoms with Gasteiger partial charge in [0.05, 0.1) is 0 Å². The van der Waals surface area contributed by atoms with Crippen LogP contribution >= 0.6 is 0 Å². The average molecular weight is 341 g/mol. The number of hydrogen-bond acceptors (Lipinski definition) is 3. The Balaban J connectivity index is 1.50. The number of hydrogen-bond donors (Lipinski definition) is 1. The maximum absolute atomic E-state index is 12.3. The van der Waals surface area contributed by atoms with Gasteiger partial charge in [0.2, 0.25) is 5.91 Å². The summed E-state index contributed by atoms with van der Waals surface area (Å²) in [4.78, 5) is 17.1. The Morgan fingerprint density at radius 1 is 1.12 bits per heavy atom. The number of allylic oxidation sites excluding steroid dienone is 2. The molecule has 4 heteroatoms. The Hall–Kier alpha value is -1.81. The summed E-state index contributed by atoms with van der Waals surface area (Å²) in [7, 11) is 4.31. The molecule has 1 aromatic rings. The van der Waals surface area contributed by atoms with Crippen LogP contribution in [0.25, 0.3) is 0 Å². The molecule has 25 heavy (non-hydrogen) atoms. The van der Waals surface area contributed by atoms with Crippen molar-refractivity contribution in [2.75, 3.05) is 43.9 Å². The number of nitrogens with zero attached hydrogens (tertiary/aromatic N) is 2. The average Bonchev–Trinajstić information content (AvgIpc) is 2.63. The van der Waals surface area contributed by atoms with Gasteiger partial charge in [0.25, 0.3) is 0 Å². The minimum Gasteiger partial charge on any atom is -0.372 e. The van der Waals surface area contributed by atoms with Crippen LogP contribution < -0.4 is 10.2 Å². The highest BCUT2D eigenvalue weighted by molar-refractivity contribution is 5.92. The molecule has 0 aromatic heterocycles. The molecule has 1 saturated heterocycles. The van der Waals surface area contributed by atoms with E-state index < -0.39 is 0 Å². The van der Waals surface area contributed by atoms with Crippen LogP contribution in [0.15, 0.2) is 36.4 Å². The van der Waals surface area contributed by atoms with Gasteiger partial charge in [0, 0.05) is 36.9 Å². The zero-order valence-electron chi connectivity index (χ0n) is 15.6. The molecule has 1 aliphatic carbocycles. The second kappa shape index (κ2) is 8.52. The third-order valence-electron chi connectivity index (χ3n) is 5.38. The van der Waals surface area contributed by atoms with Crippen LogP contribution in [0, 0.1) is 11.8 Å². The Bertz CT molecular complexity index is 586. The van der Waals surface area contributed by atoms with Crippen molar-refractivity contribution in [2.24, 2.45) is 11.8 Å². The number of carbonyl (C=O) groups is 1. The lowest BCUT2D eigenvalue weighted by Gasteiger charge is -2.34. The van der Waals surface area contributed by atoms with E-state index in [1.54, 1.807) is 0 Å². The van der Waals surface area contributed by atoms with Crippen LogP contribution in [0.2, 0.25) is 0 Å². The van der Waals surface area contributed by atoms with Crippen molar-refractivity contribution < 1.29 is 4.79 Å². The van der Waals surface area contributed by atoms with Crippen LogP contribution in [0.4, 0.5) is 11.4 Å². The fourth-order valence-electron chi connectivity index (χ4n) is 3.92. The second-order valence-corrected chi connectivity index (χ2v) is 7.71. The van der Waals surface area contributed by atoms with E-state index in [9.17, 15) is 4.79 Å². The fourth-order valence-corrected chi connectivity index (χ4v) is 3.92. The number of carbonyl (C=O) groups excluding carboxylic acids is 1. The first-order valence-electron chi connectivity index (χ1n) is 9.57. The third kappa shape index (κ3) is 5.08. The van der Waals surface area contributed by atoms with Gasteiger partial charge in [-0.3, -0.25) is 4.79 Å². The number of anilines is 2. The first kappa shape index (κ1) is 18.0. The molecule has 0 radical (unpaired) electrons. The van der Waals surface area contributed by atoms with E-state index in [1.807, 2.05) is 12.1 Å². The number of piperidine rings is 1. The van der Waals surface area contributed by atoms with Crippen LogP contribution in [-0.2, 0) is 4.79 Å². The number of nitrogens with one attached hydrogen (secondary N) is 1. The van der Waals surface area contributed by atoms with E-state index in [1.165, 1.54) is 25.1 Å². The van der Waals surface area contributed by atoms with Crippen LogP contribution in [0.1, 0.15) is 32.1 Å². The van der Waals surface area contributed by atoms with E-state index in [2.05, 4.69) is 53.5 Å². The minimum absolute atomic E-state index is 0.125. The fraction of sp³-hybridized carbons (Fsp3) is 0.571. The van der Waals surface area contributed by atoms with Gasteiger partial charge < -0.3 is 15.1 Å². The number of benzene rings is 1. The first-order chi connectivity index (χ1) is 12.1. The summed E-state index contributed by atoms with van der Waals surface area (Å²) in [5, 5.41) is 3.07. The third-order valence-corrected chi connectivity index (χ3v) is 5.38. The Morgan fingerprint density at radius 3 is 2.44 bits per heavy atom. The molecule has 1 unspecified atom stereocenters. The van der Waals surface area contributed by atoms with Gasteiger partial charge in [-0.25, -0.2) is 0 Å². The van der Waals surface area contributed by atoms with Crippen molar-refractivity contribution in [3.8, 4) is 0 Å². The standard InChI is InChI=1S/C21H31N3O/c1-23(2)16-17-12-14-24(15-13-17)20-10-8-19(9-11-20)22-21(25)18-6-4-3-5-7-18/h3-4,8-11,17-18H,5-7,12-16H2,1-2H3,(H,22,25). The zero-order valence-corrected chi connectivity index (χ0v) is 15.6. The molecule has 1 aliphatic heterocycles. The predicted octanol–water partition coefficient (Wildman–Crippen LogP) is 3.76. The van der Waals surface area contributed by atoms with Crippen molar-refractivity contribution in [2.45, 2.75) is 32.1 Å². The molecule has 1 amide bonds. The molecule has 1 N–H and O–H groups in total. The summed E-state index contributed by atoms with van der Waals surface area (Å²) in [5.41, 5.74) is 2.17. The molecule has 0 bridgehead atoms. The molecule has 2 aliphatic rings. The number of rotatable bonds is 5. The quantitative estimate of drug-likeness (QED) is 0.828. The van der Waals surface area contributed by atoms with E-state index >= 15 is 0 Å². The lowest BCUT2D eigenvalue weighted by molar-refractivity contribution is -0.120. The monoisotopic (exact) mass is 341 g/mol. The lowest BCUT2D eigenvalue weighted by atomic mass is 9.93. The molecule has 4 nitrogen and oxygen atoms in total. The molecule has 1 fully saturated rings. The van der Waals surface area contributed by atoms with Crippen molar-refractivity contribution in [3.05, 3.63) is 36.4 Å². The molecular formula is C21H31N3O. The van der Waals surface area contributed by atoms with Gasteiger partial charge >= 0.3 is 0 Å². The highest BCUT2D eigenvalue weighted by Crippen LogP contribution is 2.26. The number of amides is 1. The van der Waals surface area contributed by atoms with E-state index in [4.69, 9.17) is 0 Å². The molecule has 1 heterocycles. The van der Waals surface area contributed by atoms with Crippen molar-refractivity contribution in [1.29, 1.82) is 0 Å². The predicted molar refractivity (Wildman–Crippen MR) is 105 cm³/mol. The summed E-state index contributed by atoms with van der Waals surface area (Å²) in [6, 6.07) is 8.36. The summed E-state index contributed by atoms with van der Waals surface area (Å²) in [5.74, 6) is 1.09. The Labute approximate surface area is 151 Å². The van der Waals surface area contributed by atoms with Gasteiger partial charge in [0.1, 0.15) is 0 Å². The Morgan fingerprint density at radius 2 is 1.84 bits per heavy atom. The van der Waals surface area contributed by atoms with Gasteiger partial charge in [-0.05, 0) is 76.4 Å². The maximum Gasteiger partial charge on any atom is 0.227 e. The molecule has 3 rings (SSSR count). The van der Waals surface area contributed by atoms with Gasteiger partial charge in [-0.1, -0.05) is 12.2 Å². The van der Waals surface area contributed by atoms with Gasteiger partial charge in [0.15, 0.2) is 0 Å². The van der Waals surface area contributed by atoms with Gasteiger partial charge in [-0.15, -0.1) is 0 Å². The normalized spacial score (nSPS) is 21.6. The van der Waals surface area contributed by atoms with Crippen LogP contribution in [0.5, 0.6) is 0 Å². The molecular weight excluding hydrogens is 310 g/mol. The molecule has 136 valence electrons. The highest BCUT2D eigenvalue weighted by Gasteiger charge is 2.21. The lowest BCUT2D eigenvalue weighted by Crippen LogP contribution is -2.37. The smallest absolute Gasteiger partial charge is 0.227 e. The largest absolute Gasteiger partial charge is 0.372 e. The van der Waals surface area contributed by atoms with Crippen molar-refractivity contribution in [3.63, 3.8) is 0 Å². The van der Waals surface area contributed by atoms with E-state index in [-0.39, 0.29) is 11.8 Å². The first-order valence-corrected chi connectivity index (χ1v) is 9.57. The summed E-state index contributed by atoms with van der Waals surface area (Å²) >= 11 is 0. The van der Waals surface area contributed by atoms with Crippen molar-refractivity contribution >= 4 is 17.3 Å². The van der Waals surface area contributed by atoms with Crippen LogP contribution in [0.3, 0.4) is 0 Å². The van der Waals surface area contributed by atoms with Gasteiger partial charge in [-0.2, -0.15) is 0 Å².